The van der Waals surface area contributed by atoms with Crippen LogP contribution in [0, 0.1) is 17.2 Å². The molecule has 1 aromatic heterocycles. The Balaban J connectivity index is 1.39. The lowest BCUT2D eigenvalue weighted by Crippen LogP contribution is -2.30. The molecule has 1 fully saturated rings. The molecular weight excluding hydrogens is 490 g/mol. The van der Waals surface area contributed by atoms with Crippen molar-refractivity contribution in [1.29, 1.82) is 5.26 Å². The van der Waals surface area contributed by atoms with Crippen molar-refractivity contribution in [2.45, 2.75) is 59.0 Å². The minimum absolute atomic E-state index is 0.125. The molecule has 1 aliphatic heterocycles. The van der Waals surface area contributed by atoms with Crippen molar-refractivity contribution < 1.29 is 9.53 Å². The molecule has 1 atom stereocenters. The molecule has 1 saturated heterocycles. The predicted octanol–water partition coefficient (Wildman–Crippen LogP) is 7.42. The summed E-state index contributed by atoms with van der Waals surface area (Å²) in [6.07, 6.45) is 6.41. The molecule has 38 heavy (non-hydrogen) atoms. The van der Waals surface area contributed by atoms with E-state index in [-0.39, 0.29) is 23.0 Å². The molecule has 6 heteroatoms. The molecule has 0 aliphatic carbocycles. The standard InChI is InChI=1S/C32H39N3O2S/c1-23(14-17-37-32(2,3)4)22-34-31(36)27(21-33)20-29-12-13-30(38-29)26-9-8-25-19-28(11-10-24(25)18-26)35-15-6-5-7-16-35/h8-13,18-20,23H,5-7,14-17,22H2,1-4H3,(H,34,36)/b27-20+. The Morgan fingerprint density at radius 1 is 1.11 bits per heavy atom. The number of carbonyl (C=O) groups excluding carboxylic acids is 1. The van der Waals surface area contributed by atoms with Crippen molar-refractivity contribution >= 4 is 39.8 Å². The number of benzene rings is 2. The first-order valence-electron chi connectivity index (χ1n) is 13.6. The Kier molecular flexibility index (Phi) is 9.25. The first-order chi connectivity index (χ1) is 18.2. The number of piperidine rings is 1. The average Bonchev–Trinajstić information content (AvgIpc) is 3.38. The number of thiophene rings is 1. The van der Waals surface area contributed by atoms with Gasteiger partial charge in [0.1, 0.15) is 11.6 Å². The highest BCUT2D eigenvalue weighted by Gasteiger charge is 2.15. The maximum absolute atomic E-state index is 12.6. The van der Waals surface area contributed by atoms with E-state index >= 15 is 0 Å². The van der Waals surface area contributed by atoms with Gasteiger partial charge >= 0.3 is 0 Å². The molecule has 200 valence electrons. The van der Waals surface area contributed by atoms with Gasteiger partial charge in [-0.1, -0.05) is 25.1 Å². The Hall–Kier alpha value is -3.14. The molecule has 5 nitrogen and oxygen atoms in total. The van der Waals surface area contributed by atoms with Gasteiger partial charge in [-0.25, -0.2) is 0 Å². The van der Waals surface area contributed by atoms with Gasteiger partial charge in [-0.2, -0.15) is 5.26 Å². The molecule has 0 bridgehead atoms. The summed E-state index contributed by atoms with van der Waals surface area (Å²) in [6, 6.07) is 19.4. The van der Waals surface area contributed by atoms with Gasteiger partial charge in [0.05, 0.1) is 5.60 Å². The highest BCUT2D eigenvalue weighted by molar-refractivity contribution is 7.16. The minimum Gasteiger partial charge on any atom is -0.376 e. The highest BCUT2D eigenvalue weighted by Crippen LogP contribution is 2.33. The number of nitrogens with zero attached hydrogens (tertiary/aromatic N) is 2. The third-order valence-electron chi connectivity index (χ3n) is 6.86. The normalized spacial score (nSPS) is 15.3. The number of fused-ring (bicyclic) bond motifs is 1. The van der Waals surface area contributed by atoms with Gasteiger partial charge in [0.2, 0.25) is 0 Å². The van der Waals surface area contributed by atoms with E-state index in [2.05, 4.69) is 65.7 Å². The van der Waals surface area contributed by atoms with E-state index in [1.165, 1.54) is 35.7 Å². The molecule has 2 aromatic carbocycles. The lowest BCUT2D eigenvalue weighted by atomic mass is 10.0. The summed E-state index contributed by atoms with van der Waals surface area (Å²) in [5, 5.41) is 15.0. The number of anilines is 1. The summed E-state index contributed by atoms with van der Waals surface area (Å²) in [7, 11) is 0. The third-order valence-corrected chi connectivity index (χ3v) is 7.95. The van der Waals surface area contributed by atoms with Crippen LogP contribution in [0.5, 0.6) is 0 Å². The maximum atomic E-state index is 12.6. The molecule has 4 rings (SSSR count). The molecule has 3 aromatic rings. The van der Waals surface area contributed by atoms with Crippen LogP contribution in [0.25, 0.3) is 27.3 Å². The molecule has 0 spiro atoms. The number of hydrogen-bond acceptors (Lipinski definition) is 5. The van der Waals surface area contributed by atoms with Gasteiger partial charge in [0.15, 0.2) is 0 Å². The minimum atomic E-state index is -0.332. The average molecular weight is 530 g/mol. The van der Waals surface area contributed by atoms with E-state index in [1.54, 1.807) is 17.4 Å². The van der Waals surface area contributed by atoms with Crippen molar-refractivity contribution in [3.8, 4) is 16.5 Å². The van der Waals surface area contributed by atoms with Crippen LogP contribution in [-0.4, -0.2) is 37.7 Å². The van der Waals surface area contributed by atoms with Gasteiger partial charge in [-0.05, 0) is 105 Å². The van der Waals surface area contributed by atoms with Crippen LogP contribution >= 0.6 is 11.3 Å². The molecule has 0 saturated carbocycles. The van der Waals surface area contributed by atoms with E-state index in [9.17, 15) is 10.1 Å². The largest absolute Gasteiger partial charge is 0.376 e. The van der Waals surface area contributed by atoms with Crippen LogP contribution in [-0.2, 0) is 9.53 Å². The van der Waals surface area contributed by atoms with Gasteiger partial charge in [-0.15, -0.1) is 11.3 Å². The summed E-state index contributed by atoms with van der Waals surface area (Å²) < 4.78 is 5.77. The van der Waals surface area contributed by atoms with Crippen LogP contribution in [0.3, 0.4) is 0 Å². The molecule has 1 amide bonds. The third kappa shape index (κ3) is 7.69. The fourth-order valence-electron chi connectivity index (χ4n) is 4.64. The van der Waals surface area contributed by atoms with Crippen molar-refractivity contribution in [1.82, 2.24) is 5.32 Å². The van der Waals surface area contributed by atoms with Crippen LogP contribution in [0.2, 0.25) is 0 Å². The SMILES string of the molecule is CC(CCOC(C)(C)C)CNC(=O)/C(C#N)=C/c1ccc(-c2ccc3cc(N4CCCCC4)ccc3c2)s1. The zero-order valence-electron chi connectivity index (χ0n) is 23.0. The zero-order chi connectivity index (χ0) is 27.1. The van der Waals surface area contributed by atoms with Crippen LogP contribution in [0.1, 0.15) is 58.3 Å². The molecule has 2 heterocycles. The number of amides is 1. The van der Waals surface area contributed by atoms with Gasteiger partial charge in [0, 0.05) is 41.7 Å². The summed E-state index contributed by atoms with van der Waals surface area (Å²) in [6.45, 7) is 11.6. The van der Waals surface area contributed by atoms with Crippen LogP contribution in [0.15, 0.2) is 54.1 Å². The lowest BCUT2D eigenvalue weighted by Gasteiger charge is -2.29. The first kappa shape index (κ1) is 27.9. The topological polar surface area (TPSA) is 65.4 Å². The lowest BCUT2D eigenvalue weighted by molar-refractivity contribution is -0.117. The molecule has 1 aliphatic rings. The second-order valence-corrected chi connectivity index (χ2v) is 12.3. The molecule has 0 radical (unpaired) electrons. The molecular formula is C32H39N3O2S. The number of carbonyl (C=O) groups is 1. The second-order valence-electron chi connectivity index (χ2n) is 11.2. The summed E-state index contributed by atoms with van der Waals surface area (Å²) >= 11 is 1.59. The fraction of sp³-hybridized carbons (Fsp3) is 0.438. The Labute approximate surface area is 231 Å². The van der Waals surface area contributed by atoms with Gasteiger partial charge in [0.25, 0.3) is 5.91 Å². The van der Waals surface area contributed by atoms with Crippen molar-refractivity contribution in [3.05, 3.63) is 59.0 Å². The quantitative estimate of drug-likeness (QED) is 0.231. The number of nitrogens with one attached hydrogen (secondary N) is 1. The monoisotopic (exact) mass is 529 g/mol. The maximum Gasteiger partial charge on any atom is 0.261 e. The zero-order valence-corrected chi connectivity index (χ0v) is 23.9. The number of hydrogen-bond donors (Lipinski definition) is 1. The van der Waals surface area contributed by atoms with E-state index in [4.69, 9.17) is 4.74 Å². The summed E-state index contributed by atoms with van der Waals surface area (Å²) in [5.41, 5.74) is 2.41. The van der Waals surface area contributed by atoms with E-state index in [0.717, 1.165) is 34.8 Å². The van der Waals surface area contributed by atoms with Crippen molar-refractivity contribution in [2.75, 3.05) is 31.1 Å². The number of ether oxygens (including phenoxy) is 1. The smallest absolute Gasteiger partial charge is 0.261 e. The number of nitriles is 1. The fourth-order valence-corrected chi connectivity index (χ4v) is 5.59. The second kappa shape index (κ2) is 12.6. The molecule has 1 N–H and O–H groups in total. The van der Waals surface area contributed by atoms with Crippen molar-refractivity contribution in [2.24, 2.45) is 5.92 Å². The predicted molar refractivity (Wildman–Crippen MR) is 159 cm³/mol. The Morgan fingerprint density at radius 3 is 2.58 bits per heavy atom. The Bertz CT molecular complexity index is 1320. The first-order valence-corrected chi connectivity index (χ1v) is 14.5. The highest BCUT2D eigenvalue weighted by atomic mass is 32.1. The summed E-state index contributed by atoms with van der Waals surface area (Å²) in [4.78, 5) is 17.1. The van der Waals surface area contributed by atoms with Gasteiger partial charge in [-0.3, -0.25) is 4.79 Å². The van der Waals surface area contributed by atoms with E-state index in [1.807, 2.05) is 26.8 Å². The van der Waals surface area contributed by atoms with Crippen molar-refractivity contribution in [3.63, 3.8) is 0 Å². The molecule has 1 unspecified atom stereocenters. The van der Waals surface area contributed by atoms with E-state index < -0.39 is 0 Å². The number of rotatable bonds is 9. The summed E-state index contributed by atoms with van der Waals surface area (Å²) in [5.74, 6) is -0.0697. The van der Waals surface area contributed by atoms with Gasteiger partial charge < -0.3 is 15.0 Å². The van der Waals surface area contributed by atoms with E-state index in [0.29, 0.717) is 13.2 Å². The van der Waals surface area contributed by atoms with Crippen LogP contribution in [0.4, 0.5) is 5.69 Å². The Morgan fingerprint density at radius 2 is 1.84 bits per heavy atom. The van der Waals surface area contributed by atoms with Crippen LogP contribution < -0.4 is 10.2 Å².